The fraction of sp³-hybridized carbons (Fsp3) is 0.593. The molecule has 0 unspecified atom stereocenters. The summed E-state index contributed by atoms with van der Waals surface area (Å²) in [4.78, 5) is 40.0. The van der Waals surface area contributed by atoms with Gasteiger partial charge in [-0.1, -0.05) is 84.4 Å². The van der Waals surface area contributed by atoms with Crippen molar-refractivity contribution < 1.29 is 19.5 Å². The number of carbonyl (C=O) groups excluding carboxylic acids is 2. The Morgan fingerprint density at radius 1 is 1.12 bits per heavy atom. The molecule has 190 valence electrons. The average Bonchev–Trinajstić information content (AvgIpc) is 2.79. The maximum absolute atomic E-state index is 13.6. The third-order valence-electron chi connectivity index (χ3n) is 6.80. The van der Waals surface area contributed by atoms with Crippen LogP contribution in [0.25, 0.3) is 0 Å². The molecule has 0 fully saturated rings. The highest BCUT2D eigenvalue weighted by atomic mass is 16.4. The second-order valence-electron chi connectivity index (χ2n) is 10.0. The molecule has 3 N–H and O–H groups in total. The van der Waals surface area contributed by atoms with Crippen LogP contribution in [0.5, 0.6) is 0 Å². The number of amides is 2. The number of rotatable bonds is 12. The third kappa shape index (κ3) is 7.16. The molecule has 1 aromatic rings. The van der Waals surface area contributed by atoms with Gasteiger partial charge in [0.15, 0.2) is 0 Å². The van der Waals surface area contributed by atoms with Gasteiger partial charge >= 0.3 is 5.97 Å². The van der Waals surface area contributed by atoms with Crippen LogP contribution in [0.2, 0.25) is 0 Å². The molecule has 0 bridgehead atoms. The van der Waals surface area contributed by atoms with Crippen LogP contribution in [0.1, 0.15) is 60.5 Å². The summed E-state index contributed by atoms with van der Waals surface area (Å²) >= 11 is 0. The Bertz CT molecular complexity index is 864. The van der Waals surface area contributed by atoms with Gasteiger partial charge < -0.3 is 20.6 Å². The Balaban J connectivity index is 3.25. The quantitative estimate of drug-likeness (QED) is 0.403. The van der Waals surface area contributed by atoms with Crippen LogP contribution in [0.15, 0.2) is 42.0 Å². The fourth-order valence-corrected chi connectivity index (χ4v) is 4.22. The normalized spacial score (nSPS) is 15.9. The van der Waals surface area contributed by atoms with Gasteiger partial charge in [0.2, 0.25) is 11.8 Å². The molecule has 0 saturated carbocycles. The lowest BCUT2D eigenvalue weighted by molar-refractivity contribution is -0.139. The topological polar surface area (TPSA) is 98.7 Å². The summed E-state index contributed by atoms with van der Waals surface area (Å²) < 4.78 is 0. The van der Waals surface area contributed by atoms with Gasteiger partial charge in [0, 0.05) is 18.0 Å². The van der Waals surface area contributed by atoms with Gasteiger partial charge in [-0.15, -0.1) is 0 Å². The third-order valence-corrected chi connectivity index (χ3v) is 6.80. The van der Waals surface area contributed by atoms with E-state index in [1.54, 1.807) is 25.1 Å². The van der Waals surface area contributed by atoms with Gasteiger partial charge in [-0.05, 0) is 31.4 Å². The molecule has 34 heavy (non-hydrogen) atoms. The number of carboxylic acids is 1. The molecule has 1 aromatic carbocycles. The van der Waals surface area contributed by atoms with Crippen LogP contribution in [0, 0.1) is 11.8 Å². The number of nitrogens with zero attached hydrogens (tertiary/aromatic N) is 1. The minimum Gasteiger partial charge on any atom is -0.478 e. The molecule has 0 aliphatic heterocycles. The van der Waals surface area contributed by atoms with Crippen LogP contribution < -0.4 is 10.6 Å². The molecule has 0 saturated heterocycles. The molecule has 4 atom stereocenters. The van der Waals surface area contributed by atoms with Crippen molar-refractivity contribution in [2.75, 3.05) is 14.1 Å². The zero-order valence-electron chi connectivity index (χ0n) is 22.2. The number of hydrogen-bond acceptors (Lipinski definition) is 4. The fourth-order valence-electron chi connectivity index (χ4n) is 4.22. The van der Waals surface area contributed by atoms with Gasteiger partial charge in [0.1, 0.15) is 6.04 Å². The Labute approximate surface area is 205 Å². The lowest BCUT2D eigenvalue weighted by Gasteiger charge is -2.37. The predicted octanol–water partition coefficient (Wildman–Crippen LogP) is 3.60. The largest absolute Gasteiger partial charge is 0.478 e. The first-order valence-corrected chi connectivity index (χ1v) is 12.0. The number of benzene rings is 1. The first-order valence-electron chi connectivity index (χ1n) is 12.0. The number of carboxylic acid groups (broad SMARTS) is 1. The van der Waals surface area contributed by atoms with E-state index in [0.717, 1.165) is 5.56 Å². The van der Waals surface area contributed by atoms with Crippen LogP contribution in [0.4, 0.5) is 0 Å². The summed E-state index contributed by atoms with van der Waals surface area (Å²) in [5.74, 6) is -1.60. The second-order valence-corrected chi connectivity index (χ2v) is 10.0. The highest BCUT2D eigenvalue weighted by molar-refractivity contribution is 5.91. The molecule has 7 heteroatoms. The van der Waals surface area contributed by atoms with Crippen molar-refractivity contribution in [2.45, 2.75) is 78.4 Å². The maximum atomic E-state index is 13.6. The summed E-state index contributed by atoms with van der Waals surface area (Å²) in [6.07, 6.45) is 2.31. The standard InChI is InChI=1S/C27H43N3O4/c1-10-18(4)22(25(32)30(9)21(17(2)3)16-19(5)26(33)34)29-24(31)23(28-8)27(6,7)20-14-12-11-13-15-20/h11-18,21-23,28H,10H2,1-9H3,(H,29,31)(H,33,34)/b19-16+/t18-,21+,22-,23+/m0/s1. The molecular formula is C27H43N3O4. The highest BCUT2D eigenvalue weighted by Gasteiger charge is 2.39. The maximum Gasteiger partial charge on any atom is 0.331 e. The SMILES string of the molecule is CC[C@H](C)[C@H](NC(=O)[C@@H](NC)C(C)(C)c1ccccc1)C(=O)N(C)[C@H](/C=C(\C)C(=O)O)C(C)C. The van der Waals surface area contributed by atoms with Crippen molar-refractivity contribution in [2.24, 2.45) is 11.8 Å². The van der Waals surface area contributed by atoms with E-state index in [1.165, 1.54) is 6.92 Å². The molecule has 1 rings (SSSR count). The number of carbonyl (C=O) groups is 3. The molecule has 0 spiro atoms. The van der Waals surface area contributed by atoms with Gasteiger partial charge in [0.25, 0.3) is 0 Å². The van der Waals surface area contributed by atoms with E-state index >= 15 is 0 Å². The zero-order chi connectivity index (χ0) is 26.2. The average molecular weight is 474 g/mol. The minimum atomic E-state index is -1.02. The van der Waals surface area contributed by atoms with Crippen molar-refractivity contribution in [3.8, 4) is 0 Å². The summed E-state index contributed by atoms with van der Waals surface area (Å²) in [6.45, 7) is 13.3. The lowest BCUT2D eigenvalue weighted by atomic mass is 9.77. The van der Waals surface area contributed by atoms with Crippen molar-refractivity contribution >= 4 is 17.8 Å². The molecule has 7 nitrogen and oxygen atoms in total. The van der Waals surface area contributed by atoms with Crippen LogP contribution in [-0.4, -0.2) is 60.0 Å². The Morgan fingerprint density at radius 3 is 2.12 bits per heavy atom. The van der Waals surface area contributed by atoms with Crippen LogP contribution in [0.3, 0.4) is 0 Å². The smallest absolute Gasteiger partial charge is 0.331 e. The van der Waals surface area contributed by atoms with Gasteiger partial charge in [0.05, 0.1) is 12.1 Å². The highest BCUT2D eigenvalue weighted by Crippen LogP contribution is 2.27. The molecule has 0 aliphatic rings. The number of likely N-dealkylation sites (N-methyl/N-ethyl adjacent to an activating group) is 2. The number of hydrogen-bond donors (Lipinski definition) is 3. The molecule has 2 amide bonds. The van der Waals surface area contributed by atoms with Crippen LogP contribution >= 0.6 is 0 Å². The van der Waals surface area contributed by atoms with E-state index in [2.05, 4.69) is 10.6 Å². The summed E-state index contributed by atoms with van der Waals surface area (Å²) in [7, 11) is 3.42. The summed E-state index contributed by atoms with van der Waals surface area (Å²) in [5, 5.41) is 15.5. The monoisotopic (exact) mass is 473 g/mol. The summed E-state index contributed by atoms with van der Waals surface area (Å²) in [6, 6.07) is 8.11. The number of aliphatic carboxylic acids is 1. The van der Waals surface area contributed by atoms with Crippen molar-refractivity contribution in [1.29, 1.82) is 0 Å². The Morgan fingerprint density at radius 2 is 1.68 bits per heavy atom. The van der Waals surface area contributed by atoms with Crippen molar-refractivity contribution in [1.82, 2.24) is 15.5 Å². The van der Waals surface area contributed by atoms with Crippen molar-refractivity contribution in [3.63, 3.8) is 0 Å². The Kier molecular flexibility index (Phi) is 11.0. The minimum absolute atomic E-state index is 0.00129. The van der Waals surface area contributed by atoms with E-state index < -0.39 is 29.5 Å². The van der Waals surface area contributed by atoms with Crippen LogP contribution in [-0.2, 0) is 19.8 Å². The molecule has 0 aliphatic carbocycles. The predicted molar refractivity (Wildman–Crippen MR) is 136 cm³/mol. The van der Waals surface area contributed by atoms with E-state index in [4.69, 9.17) is 0 Å². The molecule has 0 heterocycles. The van der Waals surface area contributed by atoms with Crippen molar-refractivity contribution in [3.05, 3.63) is 47.5 Å². The Hall–Kier alpha value is -2.67. The second kappa shape index (κ2) is 12.7. The molecule has 0 aromatic heterocycles. The van der Waals surface area contributed by atoms with E-state index in [0.29, 0.717) is 6.42 Å². The summed E-state index contributed by atoms with van der Waals surface area (Å²) in [5.41, 5.74) is 0.682. The van der Waals surface area contributed by atoms with Gasteiger partial charge in [-0.3, -0.25) is 9.59 Å². The van der Waals surface area contributed by atoms with Gasteiger partial charge in [-0.2, -0.15) is 0 Å². The zero-order valence-corrected chi connectivity index (χ0v) is 22.2. The lowest BCUT2D eigenvalue weighted by Crippen LogP contribution is -2.60. The van der Waals surface area contributed by atoms with Gasteiger partial charge in [-0.25, -0.2) is 4.79 Å². The molecular weight excluding hydrogens is 430 g/mol. The first kappa shape index (κ1) is 29.4. The molecule has 0 radical (unpaired) electrons. The van der Waals surface area contributed by atoms with E-state index in [-0.39, 0.29) is 29.2 Å². The van der Waals surface area contributed by atoms with E-state index in [1.807, 2.05) is 71.9 Å². The number of nitrogens with one attached hydrogen (secondary N) is 2. The van der Waals surface area contributed by atoms with E-state index in [9.17, 15) is 19.5 Å². The first-order chi connectivity index (χ1) is 15.8.